The minimum absolute atomic E-state index is 0.00457. The van der Waals surface area contributed by atoms with E-state index in [4.69, 9.17) is 16.6 Å². The van der Waals surface area contributed by atoms with Crippen LogP contribution in [0.1, 0.15) is 43.4 Å². The Balaban J connectivity index is 1.76. The smallest absolute Gasteiger partial charge is 0.133 e. The Morgan fingerprint density at radius 2 is 2.09 bits per heavy atom. The third-order valence-corrected chi connectivity index (χ3v) is 4.29. The van der Waals surface area contributed by atoms with Gasteiger partial charge in [-0.3, -0.25) is 9.88 Å². The zero-order chi connectivity index (χ0) is 15.7. The summed E-state index contributed by atoms with van der Waals surface area (Å²) in [4.78, 5) is 15.8. The molecule has 0 unspecified atom stereocenters. The molecule has 5 heteroatoms. The Labute approximate surface area is 136 Å². The molecule has 2 aromatic heterocycles. The number of nitrogens with zero attached hydrogens (tertiary/aromatic N) is 4. The highest BCUT2D eigenvalue weighted by Crippen LogP contribution is 2.24. The van der Waals surface area contributed by atoms with Crippen molar-refractivity contribution in [3.63, 3.8) is 0 Å². The minimum atomic E-state index is -0.00457. The summed E-state index contributed by atoms with van der Waals surface area (Å²) >= 11 is 6.22. The fourth-order valence-corrected chi connectivity index (χ4v) is 2.80. The fourth-order valence-electron chi connectivity index (χ4n) is 2.64. The molecule has 0 atom stereocenters. The van der Waals surface area contributed by atoms with E-state index in [1.165, 1.54) is 11.3 Å². The summed E-state index contributed by atoms with van der Waals surface area (Å²) in [6.07, 6.45) is 6.51. The highest BCUT2D eigenvalue weighted by Gasteiger charge is 2.23. The lowest BCUT2D eigenvalue weighted by atomic mass is 9.95. The van der Waals surface area contributed by atoms with Gasteiger partial charge in [-0.05, 0) is 6.07 Å². The van der Waals surface area contributed by atoms with Gasteiger partial charge in [-0.1, -0.05) is 32.4 Å². The molecule has 2 aromatic rings. The quantitative estimate of drug-likeness (QED) is 0.851. The molecule has 0 N–H and O–H groups in total. The van der Waals surface area contributed by atoms with E-state index in [1.807, 2.05) is 18.5 Å². The first-order valence-corrected chi connectivity index (χ1v) is 7.97. The molecule has 0 aromatic carbocycles. The average Bonchev–Trinajstić information content (AvgIpc) is 2.48. The van der Waals surface area contributed by atoms with Gasteiger partial charge >= 0.3 is 0 Å². The van der Waals surface area contributed by atoms with E-state index < -0.39 is 0 Å². The first-order chi connectivity index (χ1) is 10.4. The number of halogens is 1. The van der Waals surface area contributed by atoms with Gasteiger partial charge < -0.3 is 0 Å². The van der Waals surface area contributed by atoms with Crippen LogP contribution in [0.4, 0.5) is 0 Å². The van der Waals surface area contributed by atoms with E-state index >= 15 is 0 Å². The summed E-state index contributed by atoms with van der Waals surface area (Å²) < 4.78 is 0. The Bertz CT molecular complexity index is 679. The summed E-state index contributed by atoms with van der Waals surface area (Å²) in [7, 11) is 0. The highest BCUT2D eigenvalue weighted by molar-refractivity contribution is 6.31. The lowest BCUT2D eigenvalue weighted by Gasteiger charge is -2.29. The summed E-state index contributed by atoms with van der Waals surface area (Å²) in [5, 5.41) is 0.778. The first kappa shape index (κ1) is 15.4. The molecular weight excluding hydrogens is 296 g/mol. The lowest BCUT2D eigenvalue weighted by molar-refractivity contribution is 0.242. The van der Waals surface area contributed by atoms with Crippen molar-refractivity contribution in [2.75, 3.05) is 6.54 Å². The number of hydrogen-bond acceptors (Lipinski definition) is 4. The maximum Gasteiger partial charge on any atom is 0.133 e. The minimum Gasteiger partial charge on any atom is -0.294 e. The van der Waals surface area contributed by atoms with Gasteiger partial charge in [-0.25, -0.2) is 9.97 Å². The predicted molar refractivity (Wildman–Crippen MR) is 87.8 cm³/mol. The van der Waals surface area contributed by atoms with Crippen molar-refractivity contribution in [2.24, 2.45) is 0 Å². The maximum atomic E-state index is 6.22. The van der Waals surface area contributed by atoms with Crippen LogP contribution in [0.25, 0.3) is 0 Å². The zero-order valence-corrected chi connectivity index (χ0v) is 14.1. The molecule has 0 amide bonds. The maximum absolute atomic E-state index is 6.22. The normalized spacial score (nSPS) is 15.6. The van der Waals surface area contributed by atoms with Crippen molar-refractivity contribution in [1.82, 2.24) is 19.9 Å². The van der Waals surface area contributed by atoms with E-state index in [2.05, 4.69) is 35.6 Å². The molecule has 0 fully saturated rings. The molecular formula is C17H21ClN4. The van der Waals surface area contributed by atoms with Gasteiger partial charge in [0.05, 0.1) is 0 Å². The SMILES string of the molecule is CC(C)(C)c1ncc2c(n1)CCN(Cc1cnccc1Cl)C2. The topological polar surface area (TPSA) is 41.9 Å². The van der Waals surface area contributed by atoms with Crippen molar-refractivity contribution in [1.29, 1.82) is 0 Å². The third-order valence-electron chi connectivity index (χ3n) is 3.92. The van der Waals surface area contributed by atoms with Crippen LogP contribution in [0, 0.1) is 0 Å². The Morgan fingerprint density at radius 3 is 2.82 bits per heavy atom. The van der Waals surface area contributed by atoms with Crippen molar-refractivity contribution >= 4 is 11.6 Å². The standard InChI is InChI=1S/C17H21ClN4/c1-17(2,3)16-20-9-13-11-22(7-5-15(13)21-16)10-12-8-19-6-4-14(12)18/h4,6,8-9H,5,7,10-11H2,1-3H3. The van der Waals surface area contributed by atoms with Gasteiger partial charge in [0, 0.05) is 71.9 Å². The summed E-state index contributed by atoms with van der Waals surface area (Å²) in [5.74, 6) is 0.926. The second-order valence-corrected chi connectivity index (χ2v) is 7.25. The molecule has 0 radical (unpaired) electrons. The molecule has 22 heavy (non-hydrogen) atoms. The van der Waals surface area contributed by atoms with Crippen molar-refractivity contribution in [2.45, 2.75) is 45.7 Å². The van der Waals surface area contributed by atoms with Crippen LogP contribution in [0.3, 0.4) is 0 Å². The van der Waals surface area contributed by atoms with Gasteiger partial charge in [0.2, 0.25) is 0 Å². The molecule has 3 rings (SSSR count). The van der Waals surface area contributed by atoms with Crippen LogP contribution in [-0.2, 0) is 24.9 Å². The molecule has 0 bridgehead atoms. The number of pyridine rings is 1. The van der Waals surface area contributed by atoms with Gasteiger partial charge in [-0.2, -0.15) is 0 Å². The molecule has 4 nitrogen and oxygen atoms in total. The van der Waals surface area contributed by atoms with E-state index in [0.29, 0.717) is 0 Å². The Hall–Kier alpha value is -1.52. The molecule has 0 saturated carbocycles. The third kappa shape index (κ3) is 3.28. The number of aromatic nitrogens is 3. The molecule has 1 aliphatic rings. The number of fused-ring (bicyclic) bond motifs is 1. The van der Waals surface area contributed by atoms with Crippen LogP contribution in [0.15, 0.2) is 24.7 Å². The summed E-state index contributed by atoms with van der Waals surface area (Å²) in [5.41, 5.74) is 3.47. The van der Waals surface area contributed by atoms with E-state index in [-0.39, 0.29) is 5.41 Å². The monoisotopic (exact) mass is 316 g/mol. The first-order valence-electron chi connectivity index (χ1n) is 7.59. The van der Waals surface area contributed by atoms with Crippen LogP contribution < -0.4 is 0 Å². The fraction of sp³-hybridized carbons (Fsp3) is 0.471. The van der Waals surface area contributed by atoms with Crippen molar-refractivity contribution < 1.29 is 0 Å². The number of hydrogen-bond donors (Lipinski definition) is 0. The Kier molecular flexibility index (Phi) is 4.15. The van der Waals surface area contributed by atoms with Crippen molar-refractivity contribution in [3.8, 4) is 0 Å². The second-order valence-electron chi connectivity index (χ2n) is 6.84. The highest BCUT2D eigenvalue weighted by atomic mass is 35.5. The molecule has 0 spiro atoms. The van der Waals surface area contributed by atoms with Gasteiger partial charge in [0.25, 0.3) is 0 Å². The van der Waals surface area contributed by atoms with Gasteiger partial charge in [-0.15, -0.1) is 0 Å². The summed E-state index contributed by atoms with van der Waals surface area (Å²) in [6.45, 7) is 9.10. The van der Waals surface area contributed by atoms with Crippen LogP contribution in [-0.4, -0.2) is 26.4 Å². The van der Waals surface area contributed by atoms with Crippen LogP contribution >= 0.6 is 11.6 Å². The van der Waals surface area contributed by atoms with Gasteiger partial charge in [0.1, 0.15) is 5.82 Å². The molecule has 116 valence electrons. The van der Waals surface area contributed by atoms with E-state index in [1.54, 1.807) is 6.20 Å². The lowest BCUT2D eigenvalue weighted by Crippen LogP contribution is -2.32. The zero-order valence-electron chi connectivity index (χ0n) is 13.3. The second kappa shape index (κ2) is 5.94. The molecule has 3 heterocycles. The van der Waals surface area contributed by atoms with Gasteiger partial charge in [0.15, 0.2) is 0 Å². The summed E-state index contributed by atoms with van der Waals surface area (Å²) in [6, 6.07) is 1.84. The van der Waals surface area contributed by atoms with Crippen LogP contribution in [0.5, 0.6) is 0 Å². The molecule has 0 saturated heterocycles. The Morgan fingerprint density at radius 1 is 1.27 bits per heavy atom. The van der Waals surface area contributed by atoms with Crippen molar-refractivity contribution in [3.05, 3.63) is 52.3 Å². The molecule has 0 aliphatic carbocycles. The van der Waals surface area contributed by atoms with E-state index in [9.17, 15) is 0 Å². The predicted octanol–water partition coefficient (Wildman–Crippen LogP) is 3.38. The largest absolute Gasteiger partial charge is 0.294 e. The van der Waals surface area contributed by atoms with E-state index in [0.717, 1.165) is 42.5 Å². The van der Waals surface area contributed by atoms with Crippen LogP contribution in [0.2, 0.25) is 5.02 Å². The number of rotatable bonds is 2. The molecule has 1 aliphatic heterocycles. The average molecular weight is 317 g/mol.